The second kappa shape index (κ2) is 8.71. The van der Waals surface area contributed by atoms with Crippen molar-refractivity contribution in [1.29, 1.82) is 0 Å². The van der Waals surface area contributed by atoms with Crippen LogP contribution in [-0.2, 0) is 0 Å². The van der Waals surface area contributed by atoms with Crippen LogP contribution in [0.15, 0.2) is 102 Å². The summed E-state index contributed by atoms with van der Waals surface area (Å²) >= 11 is 0. The highest BCUT2D eigenvalue weighted by molar-refractivity contribution is 6.11. The van der Waals surface area contributed by atoms with Crippen molar-refractivity contribution < 1.29 is 4.79 Å². The molecule has 0 saturated heterocycles. The number of amides is 1. The SMILES string of the molecule is O=C(Nc1cc(-c2ccccc2)ccc1C1=NNNN1)c1cncc(-c2ccccc2)c1. The number of nitrogens with one attached hydrogen (secondary N) is 4. The third-order valence-corrected chi connectivity index (χ3v) is 5.14. The summed E-state index contributed by atoms with van der Waals surface area (Å²) in [5.41, 5.74) is 14.1. The zero-order chi connectivity index (χ0) is 21.8. The molecule has 0 bridgehead atoms. The molecule has 1 amide bonds. The number of hydrazone groups is 1. The first-order valence-corrected chi connectivity index (χ1v) is 10.1. The molecule has 2 heterocycles. The molecule has 7 nitrogen and oxygen atoms in total. The summed E-state index contributed by atoms with van der Waals surface area (Å²) in [7, 11) is 0. The number of pyridine rings is 1. The summed E-state index contributed by atoms with van der Waals surface area (Å²) in [4.78, 5) is 17.4. The summed E-state index contributed by atoms with van der Waals surface area (Å²) in [6, 6.07) is 27.6. The van der Waals surface area contributed by atoms with E-state index in [9.17, 15) is 4.79 Å². The number of amidine groups is 1. The van der Waals surface area contributed by atoms with Crippen LogP contribution in [0.3, 0.4) is 0 Å². The monoisotopic (exact) mass is 420 g/mol. The molecule has 5 rings (SSSR count). The molecule has 156 valence electrons. The number of aromatic nitrogens is 1. The van der Waals surface area contributed by atoms with Crippen molar-refractivity contribution >= 4 is 17.4 Å². The highest BCUT2D eigenvalue weighted by Gasteiger charge is 2.17. The minimum absolute atomic E-state index is 0.249. The number of anilines is 1. The smallest absolute Gasteiger partial charge is 0.257 e. The Labute approximate surface area is 185 Å². The first-order chi connectivity index (χ1) is 15.8. The number of rotatable bonds is 5. The fraction of sp³-hybridized carbons (Fsp3) is 0. The molecule has 0 aliphatic carbocycles. The van der Waals surface area contributed by atoms with Crippen LogP contribution in [0.25, 0.3) is 22.3 Å². The second-order valence-corrected chi connectivity index (χ2v) is 7.23. The van der Waals surface area contributed by atoms with Gasteiger partial charge in [-0.3, -0.25) is 15.2 Å². The molecule has 32 heavy (non-hydrogen) atoms. The van der Waals surface area contributed by atoms with Gasteiger partial charge < -0.3 is 5.32 Å². The Hall–Kier alpha value is -4.49. The standard InChI is InChI=1S/C25H20N6O/c32-25(21-13-20(15-26-16-21)18-9-5-2-6-10-18)27-23-14-19(17-7-3-1-4-8-17)11-12-22(23)24-28-30-31-29-24/h1-16,30-31H,(H,27,32)(H,28,29). The molecule has 0 spiro atoms. The van der Waals surface area contributed by atoms with Gasteiger partial charge >= 0.3 is 0 Å². The maximum absolute atomic E-state index is 13.2. The summed E-state index contributed by atoms with van der Waals surface area (Å²) in [6.07, 6.45) is 3.32. The molecule has 1 aliphatic rings. The van der Waals surface area contributed by atoms with Crippen LogP contribution in [0.1, 0.15) is 15.9 Å². The molecule has 4 N–H and O–H groups in total. The number of benzene rings is 3. The zero-order valence-electron chi connectivity index (χ0n) is 17.0. The third-order valence-electron chi connectivity index (χ3n) is 5.14. The Morgan fingerprint density at radius 3 is 2.16 bits per heavy atom. The maximum Gasteiger partial charge on any atom is 0.257 e. The number of nitrogens with zero attached hydrogens (tertiary/aromatic N) is 2. The first kappa shape index (κ1) is 19.5. The molecule has 0 radical (unpaired) electrons. The van der Waals surface area contributed by atoms with Crippen LogP contribution < -0.4 is 21.8 Å². The fourth-order valence-electron chi connectivity index (χ4n) is 3.54. The number of hydrogen-bond donors (Lipinski definition) is 4. The van der Waals surface area contributed by atoms with Crippen LogP contribution in [0, 0.1) is 0 Å². The van der Waals surface area contributed by atoms with Crippen LogP contribution in [-0.4, -0.2) is 16.7 Å². The topological polar surface area (TPSA) is 90.4 Å². The lowest BCUT2D eigenvalue weighted by molar-refractivity contribution is 0.102. The van der Waals surface area contributed by atoms with Gasteiger partial charge in [0, 0.05) is 23.5 Å². The van der Waals surface area contributed by atoms with Gasteiger partial charge in [0.05, 0.1) is 11.3 Å². The molecule has 1 aromatic heterocycles. The van der Waals surface area contributed by atoms with E-state index in [2.05, 4.69) is 31.9 Å². The van der Waals surface area contributed by atoms with Crippen LogP contribution >= 0.6 is 0 Å². The second-order valence-electron chi connectivity index (χ2n) is 7.23. The fourth-order valence-corrected chi connectivity index (χ4v) is 3.54. The molecular formula is C25H20N6O. The van der Waals surface area contributed by atoms with E-state index in [4.69, 9.17) is 0 Å². The molecule has 0 saturated carbocycles. The van der Waals surface area contributed by atoms with Gasteiger partial charge in [-0.05, 0) is 34.9 Å². The van der Waals surface area contributed by atoms with E-state index in [1.165, 1.54) is 0 Å². The molecule has 4 aromatic rings. The highest BCUT2D eigenvalue weighted by Crippen LogP contribution is 2.27. The van der Waals surface area contributed by atoms with Gasteiger partial charge in [-0.1, -0.05) is 66.7 Å². The quantitative estimate of drug-likeness (QED) is 0.393. The van der Waals surface area contributed by atoms with E-state index in [-0.39, 0.29) is 5.91 Å². The van der Waals surface area contributed by atoms with Crippen molar-refractivity contribution in [2.75, 3.05) is 5.32 Å². The summed E-state index contributed by atoms with van der Waals surface area (Å²) in [5.74, 6) is 0.331. The minimum atomic E-state index is -0.249. The van der Waals surface area contributed by atoms with Gasteiger partial charge in [-0.15, -0.1) is 10.6 Å². The molecule has 0 fully saturated rings. The average Bonchev–Trinajstić information content (AvgIpc) is 3.40. The van der Waals surface area contributed by atoms with Crippen molar-refractivity contribution in [1.82, 2.24) is 21.5 Å². The Kier molecular flexibility index (Phi) is 5.30. The van der Waals surface area contributed by atoms with Crippen molar-refractivity contribution in [2.24, 2.45) is 5.10 Å². The lowest BCUT2D eigenvalue weighted by Crippen LogP contribution is -2.35. The Bertz CT molecular complexity index is 1290. The molecule has 7 heteroatoms. The molecule has 1 aliphatic heterocycles. The Balaban J connectivity index is 1.49. The van der Waals surface area contributed by atoms with Crippen molar-refractivity contribution in [3.8, 4) is 22.3 Å². The summed E-state index contributed by atoms with van der Waals surface area (Å²) in [6.45, 7) is 0. The predicted octanol–water partition coefficient (Wildman–Crippen LogP) is 3.94. The third kappa shape index (κ3) is 4.05. The van der Waals surface area contributed by atoms with E-state index in [0.717, 1.165) is 27.8 Å². The average molecular weight is 420 g/mol. The van der Waals surface area contributed by atoms with Crippen LogP contribution in [0.2, 0.25) is 0 Å². The minimum Gasteiger partial charge on any atom is -0.321 e. The van der Waals surface area contributed by atoms with Gasteiger partial charge in [0.2, 0.25) is 0 Å². The van der Waals surface area contributed by atoms with E-state index in [1.807, 2.05) is 84.9 Å². The molecule has 0 unspecified atom stereocenters. The van der Waals surface area contributed by atoms with Crippen molar-refractivity contribution in [2.45, 2.75) is 0 Å². The van der Waals surface area contributed by atoms with E-state index < -0.39 is 0 Å². The Morgan fingerprint density at radius 2 is 1.47 bits per heavy atom. The maximum atomic E-state index is 13.2. The molecule has 0 atom stereocenters. The van der Waals surface area contributed by atoms with E-state index >= 15 is 0 Å². The number of hydrogen-bond acceptors (Lipinski definition) is 6. The van der Waals surface area contributed by atoms with Gasteiger partial charge in [0.1, 0.15) is 0 Å². The normalized spacial score (nSPS) is 12.4. The molecular weight excluding hydrogens is 400 g/mol. The summed E-state index contributed by atoms with van der Waals surface area (Å²) in [5, 5.41) is 7.22. The number of carbonyl (C=O) groups is 1. The van der Waals surface area contributed by atoms with Crippen molar-refractivity contribution in [3.63, 3.8) is 0 Å². The summed E-state index contributed by atoms with van der Waals surface area (Å²) < 4.78 is 0. The largest absolute Gasteiger partial charge is 0.321 e. The lowest BCUT2D eigenvalue weighted by Gasteiger charge is -2.13. The van der Waals surface area contributed by atoms with Crippen LogP contribution in [0.5, 0.6) is 0 Å². The Morgan fingerprint density at radius 1 is 0.750 bits per heavy atom. The van der Waals surface area contributed by atoms with E-state index in [1.54, 1.807) is 12.4 Å². The van der Waals surface area contributed by atoms with Gasteiger partial charge in [0.15, 0.2) is 5.84 Å². The van der Waals surface area contributed by atoms with E-state index in [0.29, 0.717) is 17.1 Å². The zero-order valence-corrected chi connectivity index (χ0v) is 17.0. The number of hydrazine groups is 2. The van der Waals surface area contributed by atoms with Crippen LogP contribution in [0.4, 0.5) is 5.69 Å². The van der Waals surface area contributed by atoms with Crippen molar-refractivity contribution in [3.05, 3.63) is 108 Å². The number of carbonyl (C=O) groups excluding carboxylic acids is 1. The van der Waals surface area contributed by atoms with Gasteiger partial charge in [-0.25, -0.2) is 5.53 Å². The van der Waals surface area contributed by atoms with Gasteiger partial charge in [0.25, 0.3) is 5.91 Å². The predicted molar refractivity (Wildman–Crippen MR) is 125 cm³/mol. The molecule has 3 aromatic carbocycles. The highest BCUT2D eigenvalue weighted by atomic mass is 16.1. The van der Waals surface area contributed by atoms with Gasteiger partial charge in [-0.2, -0.15) is 0 Å². The lowest BCUT2D eigenvalue weighted by atomic mass is 10.0. The first-order valence-electron chi connectivity index (χ1n) is 10.1.